The molecule has 0 spiro atoms. The third-order valence-corrected chi connectivity index (χ3v) is 4.13. The standard InChI is InChI=1S/C16H24N2O/c17-14-3-2-9-18(12-14)15-4-1-5-16(11-15)19-10-8-13-6-7-13/h1,4-5,11,13-14H,2-3,6-10,12,17H2. The van der Waals surface area contributed by atoms with E-state index < -0.39 is 0 Å². The number of piperidine rings is 1. The van der Waals surface area contributed by atoms with Gasteiger partial charge in [0.1, 0.15) is 5.75 Å². The minimum Gasteiger partial charge on any atom is -0.494 e. The van der Waals surface area contributed by atoms with Crippen LogP contribution in [0.5, 0.6) is 5.75 Å². The normalized spacial score (nSPS) is 23.4. The van der Waals surface area contributed by atoms with E-state index >= 15 is 0 Å². The summed E-state index contributed by atoms with van der Waals surface area (Å²) in [6.45, 7) is 2.93. The summed E-state index contributed by atoms with van der Waals surface area (Å²) in [5, 5.41) is 0. The van der Waals surface area contributed by atoms with Crippen LogP contribution in [0.15, 0.2) is 24.3 Å². The van der Waals surface area contributed by atoms with Gasteiger partial charge in [-0.05, 0) is 37.3 Å². The molecule has 0 radical (unpaired) electrons. The van der Waals surface area contributed by atoms with Crippen LogP contribution in [0.4, 0.5) is 5.69 Å². The summed E-state index contributed by atoms with van der Waals surface area (Å²) in [4.78, 5) is 2.38. The molecule has 3 rings (SSSR count). The number of ether oxygens (including phenoxy) is 1. The number of nitrogens with zero attached hydrogens (tertiary/aromatic N) is 1. The van der Waals surface area contributed by atoms with Gasteiger partial charge in [-0.3, -0.25) is 0 Å². The molecule has 2 fully saturated rings. The van der Waals surface area contributed by atoms with Crippen LogP contribution in [0.25, 0.3) is 0 Å². The lowest BCUT2D eigenvalue weighted by Gasteiger charge is -2.32. The van der Waals surface area contributed by atoms with E-state index in [1.165, 1.54) is 31.4 Å². The topological polar surface area (TPSA) is 38.5 Å². The fourth-order valence-electron chi connectivity index (χ4n) is 2.76. The lowest BCUT2D eigenvalue weighted by molar-refractivity contribution is 0.302. The lowest BCUT2D eigenvalue weighted by atomic mass is 10.1. The van der Waals surface area contributed by atoms with Crippen molar-refractivity contribution in [2.24, 2.45) is 11.7 Å². The van der Waals surface area contributed by atoms with Crippen LogP contribution in [0, 0.1) is 5.92 Å². The number of nitrogens with two attached hydrogens (primary N) is 1. The predicted octanol–water partition coefficient (Wildman–Crippen LogP) is 2.79. The van der Waals surface area contributed by atoms with E-state index in [2.05, 4.69) is 29.2 Å². The van der Waals surface area contributed by atoms with Crippen LogP contribution in [-0.2, 0) is 0 Å². The van der Waals surface area contributed by atoms with E-state index in [9.17, 15) is 0 Å². The molecule has 1 aliphatic carbocycles. The molecule has 1 aromatic rings. The zero-order valence-electron chi connectivity index (χ0n) is 11.6. The van der Waals surface area contributed by atoms with E-state index in [0.717, 1.165) is 37.8 Å². The van der Waals surface area contributed by atoms with Gasteiger partial charge in [0.25, 0.3) is 0 Å². The highest BCUT2D eigenvalue weighted by atomic mass is 16.5. The first kappa shape index (κ1) is 12.8. The van der Waals surface area contributed by atoms with Crippen LogP contribution >= 0.6 is 0 Å². The SMILES string of the molecule is NC1CCCN(c2cccc(OCCC3CC3)c2)C1. The third kappa shape index (κ3) is 3.63. The van der Waals surface area contributed by atoms with Crippen LogP contribution in [0.3, 0.4) is 0 Å². The smallest absolute Gasteiger partial charge is 0.121 e. The zero-order chi connectivity index (χ0) is 13.1. The Morgan fingerprint density at radius 1 is 1.26 bits per heavy atom. The molecule has 1 saturated heterocycles. The molecule has 1 aromatic carbocycles. The molecule has 19 heavy (non-hydrogen) atoms. The maximum absolute atomic E-state index is 6.05. The predicted molar refractivity (Wildman–Crippen MR) is 78.7 cm³/mol. The molecule has 1 saturated carbocycles. The second-order valence-electron chi connectivity index (χ2n) is 5.93. The van der Waals surface area contributed by atoms with E-state index in [-0.39, 0.29) is 0 Å². The maximum Gasteiger partial charge on any atom is 0.121 e. The van der Waals surface area contributed by atoms with Crippen molar-refractivity contribution in [1.29, 1.82) is 0 Å². The molecule has 104 valence electrons. The van der Waals surface area contributed by atoms with Gasteiger partial charge in [-0.15, -0.1) is 0 Å². The average Bonchev–Trinajstić information content (AvgIpc) is 3.23. The highest BCUT2D eigenvalue weighted by molar-refractivity contribution is 5.51. The lowest BCUT2D eigenvalue weighted by Crippen LogP contribution is -2.42. The van der Waals surface area contributed by atoms with E-state index in [4.69, 9.17) is 10.5 Å². The van der Waals surface area contributed by atoms with Gasteiger partial charge in [0.05, 0.1) is 6.61 Å². The van der Waals surface area contributed by atoms with Crippen LogP contribution < -0.4 is 15.4 Å². The number of rotatable bonds is 5. The molecule has 1 heterocycles. The Kier molecular flexibility index (Phi) is 3.92. The van der Waals surface area contributed by atoms with Gasteiger partial charge in [-0.1, -0.05) is 18.9 Å². The van der Waals surface area contributed by atoms with Gasteiger partial charge in [0.15, 0.2) is 0 Å². The molecule has 1 aliphatic heterocycles. The Labute approximate surface area is 115 Å². The number of hydrogen-bond acceptors (Lipinski definition) is 3. The van der Waals surface area contributed by atoms with Crippen molar-refractivity contribution in [2.75, 3.05) is 24.6 Å². The minimum atomic E-state index is 0.313. The minimum absolute atomic E-state index is 0.313. The summed E-state index contributed by atoms with van der Waals surface area (Å²) in [5.41, 5.74) is 7.30. The summed E-state index contributed by atoms with van der Waals surface area (Å²) in [6, 6.07) is 8.77. The zero-order valence-corrected chi connectivity index (χ0v) is 11.6. The van der Waals surface area contributed by atoms with Crippen molar-refractivity contribution in [3.05, 3.63) is 24.3 Å². The second-order valence-corrected chi connectivity index (χ2v) is 5.93. The van der Waals surface area contributed by atoms with E-state index in [1.807, 2.05) is 0 Å². The van der Waals surface area contributed by atoms with Crippen molar-refractivity contribution < 1.29 is 4.74 Å². The molecular weight excluding hydrogens is 236 g/mol. The molecule has 2 N–H and O–H groups in total. The third-order valence-electron chi connectivity index (χ3n) is 4.13. The van der Waals surface area contributed by atoms with Crippen molar-refractivity contribution in [3.63, 3.8) is 0 Å². The monoisotopic (exact) mass is 260 g/mol. The molecule has 1 atom stereocenters. The van der Waals surface area contributed by atoms with Gasteiger partial charge in [0, 0.05) is 30.9 Å². The second kappa shape index (κ2) is 5.83. The van der Waals surface area contributed by atoms with Crippen molar-refractivity contribution in [3.8, 4) is 5.75 Å². The Morgan fingerprint density at radius 2 is 2.16 bits per heavy atom. The Balaban J connectivity index is 1.58. The Morgan fingerprint density at radius 3 is 2.95 bits per heavy atom. The fourth-order valence-corrected chi connectivity index (χ4v) is 2.76. The maximum atomic E-state index is 6.05. The summed E-state index contributed by atoms with van der Waals surface area (Å²) >= 11 is 0. The van der Waals surface area contributed by atoms with Crippen molar-refractivity contribution >= 4 is 5.69 Å². The number of anilines is 1. The van der Waals surface area contributed by atoms with Crippen molar-refractivity contribution in [2.45, 2.75) is 38.1 Å². The molecule has 1 unspecified atom stereocenters. The Bertz CT molecular complexity index is 417. The van der Waals surface area contributed by atoms with Gasteiger partial charge >= 0.3 is 0 Å². The van der Waals surface area contributed by atoms with E-state index in [1.54, 1.807) is 0 Å². The molecule has 3 heteroatoms. The van der Waals surface area contributed by atoms with Crippen LogP contribution in [0.2, 0.25) is 0 Å². The summed E-state index contributed by atoms with van der Waals surface area (Å²) < 4.78 is 5.86. The highest BCUT2D eigenvalue weighted by Gasteiger charge is 2.21. The summed E-state index contributed by atoms with van der Waals surface area (Å²) in [5.74, 6) is 1.93. The summed E-state index contributed by atoms with van der Waals surface area (Å²) in [7, 11) is 0. The first-order valence-corrected chi connectivity index (χ1v) is 7.54. The molecule has 0 amide bonds. The van der Waals surface area contributed by atoms with Crippen LogP contribution in [-0.4, -0.2) is 25.7 Å². The first-order chi connectivity index (χ1) is 9.31. The first-order valence-electron chi connectivity index (χ1n) is 7.54. The van der Waals surface area contributed by atoms with Gasteiger partial charge in [-0.25, -0.2) is 0 Å². The molecule has 0 bridgehead atoms. The van der Waals surface area contributed by atoms with Gasteiger partial charge in [-0.2, -0.15) is 0 Å². The molecule has 0 aromatic heterocycles. The fraction of sp³-hybridized carbons (Fsp3) is 0.625. The van der Waals surface area contributed by atoms with Gasteiger partial charge < -0.3 is 15.4 Å². The average molecular weight is 260 g/mol. The van der Waals surface area contributed by atoms with Gasteiger partial charge in [0.2, 0.25) is 0 Å². The Hall–Kier alpha value is -1.22. The number of hydrogen-bond donors (Lipinski definition) is 1. The molecule has 2 aliphatic rings. The largest absolute Gasteiger partial charge is 0.494 e. The molecular formula is C16H24N2O. The summed E-state index contributed by atoms with van der Waals surface area (Å²) in [6.07, 6.45) is 6.34. The number of benzene rings is 1. The highest BCUT2D eigenvalue weighted by Crippen LogP contribution is 2.32. The van der Waals surface area contributed by atoms with Crippen molar-refractivity contribution in [1.82, 2.24) is 0 Å². The van der Waals surface area contributed by atoms with Crippen LogP contribution in [0.1, 0.15) is 32.1 Å². The van der Waals surface area contributed by atoms with E-state index in [0.29, 0.717) is 6.04 Å². The molecule has 3 nitrogen and oxygen atoms in total. The quantitative estimate of drug-likeness (QED) is 0.884.